The van der Waals surface area contributed by atoms with E-state index in [4.69, 9.17) is 0 Å². The van der Waals surface area contributed by atoms with Gasteiger partial charge in [0.25, 0.3) is 5.91 Å². The molecule has 0 radical (unpaired) electrons. The second kappa shape index (κ2) is 5.66. The third kappa shape index (κ3) is 2.60. The fraction of sp³-hybridized carbons (Fsp3) is 0. The largest absolute Gasteiger partial charge is 0.337 e. The first-order valence-corrected chi connectivity index (χ1v) is 7.93. The van der Waals surface area contributed by atoms with Crippen LogP contribution >= 0.6 is 11.3 Å². The molecule has 3 heterocycles. The standard InChI is InChI=1S/C17H12N4OS/c22-17(19-11-6-8-18-9-7-11)12-3-1-4-13-15(12)21-16(20-13)14-5-2-10-23-14/h1-10H,(H,20,21)(H,18,19,22). The van der Waals surface area contributed by atoms with Crippen LogP contribution in [0.15, 0.2) is 60.2 Å². The Morgan fingerprint density at radius 3 is 2.74 bits per heavy atom. The average Bonchev–Trinajstić information content (AvgIpc) is 3.24. The zero-order valence-electron chi connectivity index (χ0n) is 12.0. The molecule has 0 saturated heterocycles. The second-order valence-electron chi connectivity index (χ2n) is 4.95. The van der Waals surface area contributed by atoms with E-state index < -0.39 is 0 Å². The average molecular weight is 320 g/mol. The fourth-order valence-electron chi connectivity index (χ4n) is 2.38. The molecule has 1 amide bonds. The lowest BCUT2D eigenvalue weighted by molar-refractivity contribution is 0.102. The minimum Gasteiger partial charge on any atom is -0.337 e. The summed E-state index contributed by atoms with van der Waals surface area (Å²) in [5, 5.41) is 4.86. The van der Waals surface area contributed by atoms with Crippen molar-refractivity contribution >= 4 is 34.0 Å². The molecule has 0 aliphatic carbocycles. The van der Waals surface area contributed by atoms with Gasteiger partial charge in [0.2, 0.25) is 0 Å². The van der Waals surface area contributed by atoms with Crippen molar-refractivity contribution in [2.24, 2.45) is 0 Å². The number of para-hydroxylation sites is 1. The molecule has 0 bridgehead atoms. The van der Waals surface area contributed by atoms with Gasteiger partial charge in [-0.05, 0) is 35.7 Å². The maximum absolute atomic E-state index is 12.5. The van der Waals surface area contributed by atoms with Crippen LogP contribution in [0, 0.1) is 0 Å². The molecule has 23 heavy (non-hydrogen) atoms. The van der Waals surface area contributed by atoms with E-state index in [1.807, 2.05) is 29.6 Å². The molecule has 4 rings (SSSR count). The molecular formula is C17H12N4OS. The van der Waals surface area contributed by atoms with Crippen molar-refractivity contribution in [1.82, 2.24) is 15.0 Å². The molecule has 0 unspecified atom stereocenters. The monoisotopic (exact) mass is 320 g/mol. The second-order valence-corrected chi connectivity index (χ2v) is 5.90. The van der Waals surface area contributed by atoms with Gasteiger partial charge in [-0.25, -0.2) is 4.98 Å². The summed E-state index contributed by atoms with van der Waals surface area (Å²) in [5.41, 5.74) is 2.76. The smallest absolute Gasteiger partial charge is 0.257 e. The molecule has 3 aromatic heterocycles. The highest BCUT2D eigenvalue weighted by atomic mass is 32.1. The van der Waals surface area contributed by atoms with Gasteiger partial charge in [-0.1, -0.05) is 12.1 Å². The molecule has 0 aliphatic heterocycles. The molecule has 0 saturated carbocycles. The number of rotatable bonds is 3. The minimum absolute atomic E-state index is 0.189. The highest BCUT2D eigenvalue weighted by Crippen LogP contribution is 2.26. The van der Waals surface area contributed by atoms with E-state index in [0.29, 0.717) is 16.8 Å². The lowest BCUT2D eigenvalue weighted by Crippen LogP contribution is -2.12. The first-order chi connectivity index (χ1) is 11.3. The van der Waals surface area contributed by atoms with Crippen LogP contribution in [0.1, 0.15) is 10.4 Å². The van der Waals surface area contributed by atoms with Crippen molar-refractivity contribution in [2.75, 3.05) is 5.32 Å². The molecule has 0 fully saturated rings. The number of benzene rings is 1. The summed E-state index contributed by atoms with van der Waals surface area (Å²) < 4.78 is 0. The van der Waals surface area contributed by atoms with Crippen LogP contribution < -0.4 is 5.32 Å². The highest BCUT2D eigenvalue weighted by Gasteiger charge is 2.14. The molecule has 0 aliphatic rings. The van der Waals surface area contributed by atoms with E-state index in [1.165, 1.54) is 0 Å². The Hall–Kier alpha value is -2.99. The zero-order valence-corrected chi connectivity index (χ0v) is 12.8. The van der Waals surface area contributed by atoms with E-state index >= 15 is 0 Å². The number of fused-ring (bicyclic) bond motifs is 1. The Bertz CT molecular complexity index is 961. The van der Waals surface area contributed by atoms with Crippen LogP contribution in [0.4, 0.5) is 5.69 Å². The van der Waals surface area contributed by atoms with E-state index in [1.54, 1.807) is 41.9 Å². The number of aromatic amines is 1. The van der Waals surface area contributed by atoms with Crippen molar-refractivity contribution < 1.29 is 4.79 Å². The number of carbonyl (C=O) groups is 1. The van der Waals surface area contributed by atoms with Crippen molar-refractivity contribution in [2.45, 2.75) is 0 Å². The topological polar surface area (TPSA) is 70.7 Å². The van der Waals surface area contributed by atoms with E-state index in [9.17, 15) is 4.79 Å². The lowest BCUT2D eigenvalue weighted by Gasteiger charge is -2.05. The van der Waals surface area contributed by atoms with Gasteiger partial charge in [-0.15, -0.1) is 11.3 Å². The zero-order chi connectivity index (χ0) is 15.6. The Morgan fingerprint density at radius 1 is 1.09 bits per heavy atom. The van der Waals surface area contributed by atoms with Gasteiger partial charge in [0.1, 0.15) is 11.3 Å². The molecule has 2 N–H and O–H groups in total. The van der Waals surface area contributed by atoms with Gasteiger partial charge < -0.3 is 10.3 Å². The van der Waals surface area contributed by atoms with Crippen LogP contribution in [0.2, 0.25) is 0 Å². The number of aromatic nitrogens is 3. The van der Waals surface area contributed by atoms with E-state index in [-0.39, 0.29) is 5.91 Å². The van der Waals surface area contributed by atoms with Crippen LogP contribution in [0.3, 0.4) is 0 Å². The summed E-state index contributed by atoms with van der Waals surface area (Å²) in [6, 6.07) is 13.0. The Morgan fingerprint density at radius 2 is 1.96 bits per heavy atom. The molecule has 0 spiro atoms. The summed E-state index contributed by atoms with van der Waals surface area (Å²) in [7, 11) is 0. The lowest BCUT2D eigenvalue weighted by atomic mass is 10.1. The molecule has 1 aromatic carbocycles. The molecule has 0 atom stereocenters. The number of imidazole rings is 1. The molecular weight excluding hydrogens is 308 g/mol. The van der Waals surface area contributed by atoms with Crippen molar-refractivity contribution in [3.63, 3.8) is 0 Å². The molecule has 112 valence electrons. The first kappa shape index (κ1) is 13.7. The van der Waals surface area contributed by atoms with Crippen LogP contribution in [-0.2, 0) is 0 Å². The van der Waals surface area contributed by atoms with Crippen LogP contribution in [0.5, 0.6) is 0 Å². The normalized spacial score (nSPS) is 10.8. The number of nitrogens with zero attached hydrogens (tertiary/aromatic N) is 2. The number of pyridine rings is 1. The number of amides is 1. The van der Waals surface area contributed by atoms with Crippen molar-refractivity contribution in [3.05, 3.63) is 65.8 Å². The molecule has 5 nitrogen and oxygen atoms in total. The van der Waals surface area contributed by atoms with Gasteiger partial charge in [-0.3, -0.25) is 9.78 Å². The minimum atomic E-state index is -0.189. The SMILES string of the molecule is O=C(Nc1ccncc1)c1cccc2[nH]c(-c3cccs3)nc12. The molecule has 6 heteroatoms. The van der Waals surface area contributed by atoms with Gasteiger partial charge >= 0.3 is 0 Å². The predicted octanol–water partition coefficient (Wildman–Crippen LogP) is 3.94. The number of H-pyrrole nitrogens is 1. The summed E-state index contributed by atoms with van der Waals surface area (Å²) in [5.74, 6) is 0.588. The van der Waals surface area contributed by atoms with E-state index in [2.05, 4.69) is 20.3 Å². The van der Waals surface area contributed by atoms with Gasteiger partial charge in [0.05, 0.1) is 16.0 Å². The van der Waals surface area contributed by atoms with Crippen LogP contribution in [0.25, 0.3) is 21.7 Å². The summed E-state index contributed by atoms with van der Waals surface area (Å²) in [4.78, 5) is 25.4. The highest BCUT2D eigenvalue weighted by molar-refractivity contribution is 7.13. The first-order valence-electron chi connectivity index (χ1n) is 7.05. The number of thiophene rings is 1. The maximum Gasteiger partial charge on any atom is 0.257 e. The number of anilines is 1. The van der Waals surface area contributed by atoms with Crippen LogP contribution in [-0.4, -0.2) is 20.9 Å². The number of carbonyl (C=O) groups excluding carboxylic acids is 1. The summed E-state index contributed by atoms with van der Waals surface area (Å²) in [6.07, 6.45) is 3.28. The number of nitrogens with one attached hydrogen (secondary N) is 2. The van der Waals surface area contributed by atoms with Crippen molar-refractivity contribution in [1.29, 1.82) is 0 Å². The Kier molecular flexibility index (Phi) is 3.36. The Balaban J connectivity index is 1.73. The quantitative estimate of drug-likeness (QED) is 0.600. The van der Waals surface area contributed by atoms with Gasteiger partial charge in [0.15, 0.2) is 0 Å². The summed E-state index contributed by atoms with van der Waals surface area (Å²) in [6.45, 7) is 0. The van der Waals surface area contributed by atoms with Crippen molar-refractivity contribution in [3.8, 4) is 10.7 Å². The fourth-order valence-corrected chi connectivity index (χ4v) is 3.05. The third-order valence-electron chi connectivity index (χ3n) is 3.45. The van der Waals surface area contributed by atoms with Gasteiger partial charge in [0, 0.05) is 18.1 Å². The molecule has 4 aromatic rings. The maximum atomic E-state index is 12.5. The third-order valence-corrected chi connectivity index (χ3v) is 4.33. The number of hydrogen-bond acceptors (Lipinski definition) is 4. The van der Waals surface area contributed by atoms with E-state index in [0.717, 1.165) is 16.2 Å². The summed E-state index contributed by atoms with van der Waals surface area (Å²) >= 11 is 1.61. The number of hydrogen-bond donors (Lipinski definition) is 2. The van der Waals surface area contributed by atoms with Gasteiger partial charge in [-0.2, -0.15) is 0 Å². The Labute approximate surface area is 136 Å². The predicted molar refractivity (Wildman–Crippen MR) is 91.6 cm³/mol.